The van der Waals surface area contributed by atoms with Crippen LogP contribution in [-0.2, 0) is 4.79 Å². The van der Waals surface area contributed by atoms with Crippen LogP contribution in [0.2, 0.25) is 5.02 Å². The molecule has 0 aromatic heterocycles. The second-order valence-electron chi connectivity index (χ2n) is 4.99. The average Bonchev–Trinajstić information content (AvgIpc) is 3.06. The van der Waals surface area contributed by atoms with Gasteiger partial charge in [-0.05, 0) is 24.3 Å². The number of nitrogens with zero attached hydrogens (tertiary/aromatic N) is 1. The lowest BCUT2D eigenvalue weighted by Gasteiger charge is -2.07. The third-order valence-electron chi connectivity index (χ3n) is 3.28. The van der Waals surface area contributed by atoms with E-state index < -0.39 is 5.91 Å². The number of halogens is 1. The summed E-state index contributed by atoms with van der Waals surface area (Å²) >= 11 is 5.85. The van der Waals surface area contributed by atoms with E-state index in [9.17, 15) is 4.79 Å². The normalized spacial score (nSPS) is 12.2. The smallest absolute Gasteiger partial charge is 0.277 e. The quantitative estimate of drug-likeness (QED) is 0.631. The molecular formula is C17H15ClN2O5. The molecule has 7 nitrogen and oxygen atoms in total. The van der Waals surface area contributed by atoms with Gasteiger partial charge >= 0.3 is 0 Å². The molecule has 0 radical (unpaired) electrons. The van der Waals surface area contributed by atoms with Gasteiger partial charge in [-0.3, -0.25) is 4.79 Å². The van der Waals surface area contributed by atoms with Crippen molar-refractivity contribution in [1.82, 2.24) is 5.43 Å². The summed E-state index contributed by atoms with van der Waals surface area (Å²) in [6, 6.07) is 10.2. The third-order valence-corrected chi connectivity index (χ3v) is 3.52. The Morgan fingerprint density at radius 1 is 1.32 bits per heavy atom. The predicted octanol–water partition coefficient (Wildman–Crippen LogP) is 2.61. The highest BCUT2D eigenvalue weighted by atomic mass is 35.5. The molecule has 0 fully saturated rings. The first-order chi connectivity index (χ1) is 12.2. The molecule has 1 aliphatic rings. The molecule has 130 valence electrons. The van der Waals surface area contributed by atoms with Crippen molar-refractivity contribution in [3.63, 3.8) is 0 Å². The maximum Gasteiger partial charge on any atom is 0.277 e. The molecule has 0 aliphatic carbocycles. The lowest BCUT2D eigenvalue weighted by molar-refractivity contribution is -0.123. The van der Waals surface area contributed by atoms with E-state index in [2.05, 4.69) is 10.5 Å². The fraction of sp³-hybridized carbons (Fsp3) is 0.176. The van der Waals surface area contributed by atoms with Crippen LogP contribution in [0.25, 0.3) is 0 Å². The monoisotopic (exact) mass is 362 g/mol. The number of carbonyl (C=O) groups is 1. The van der Waals surface area contributed by atoms with Crippen LogP contribution in [0.15, 0.2) is 41.5 Å². The van der Waals surface area contributed by atoms with Crippen LogP contribution in [0, 0.1) is 0 Å². The fourth-order valence-corrected chi connectivity index (χ4v) is 2.31. The predicted molar refractivity (Wildman–Crippen MR) is 91.8 cm³/mol. The average molecular weight is 363 g/mol. The van der Waals surface area contributed by atoms with Crippen LogP contribution in [-0.4, -0.2) is 32.6 Å². The van der Waals surface area contributed by atoms with Crippen LogP contribution >= 0.6 is 11.6 Å². The number of benzene rings is 2. The number of rotatable bonds is 6. The van der Waals surface area contributed by atoms with Gasteiger partial charge in [-0.25, -0.2) is 5.43 Å². The fourth-order valence-electron chi connectivity index (χ4n) is 2.13. The molecule has 25 heavy (non-hydrogen) atoms. The Morgan fingerprint density at radius 3 is 2.88 bits per heavy atom. The van der Waals surface area contributed by atoms with Crippen molar-refractivity contribution in [2.24, 2.45) is 5.10 Å². The highest BCUT2D eigenvalue weighted by Crippen LogP contribution is 2.37. The van der Waals surface area contributed by atoms with Crippen molar-refractivity contribution in [2.75, 3.05) is 20.5 Å². The summed E-state index contributed by atoms with van der Waals surface area (Å²) in [6.07, 6.45) is 1.46. The van der Waals surface area contributed by atoms with Crippen molar-refractivity contribution in [2.45, 2.75) is 0 Å². The van der Waals surface area contributed by atoms with E-state index in [0.29, 0.717) is 33.6 Å². The maximum atomic E-state index is 11.8. The SMILES string of the molecule is COc1cc2c(cc1/C=N\NC(=O)COc1cccc(Cl)c1)OCO2. The molecule has 1 amide bonds. The molecule has 1 N–H and O–H groups in total. The minimum Gasteiger partial charge on any atom is -0.496 e. The summed E-state index contributed by atoms with van der Waals surface area (Å²) in [5, 5.41) is 4.43. The number of methoxy groups -OCH3 is 1. The van der Waals surface area contributed by atoms with Crippen molar-refractivity contribution >= 4 is 23.7 Å². The number of ether oxygens (including phenoxy) is 4. The first kappa shape index (κ1) is 16.9. The van der Waals surface area contributed by atoms with Gasteiger partial charge in [-0.15, -0.1) is 0 Å². The van der Waals surface area contributed by atoms with Crippen molar-refractivity contribution in [1.29, 1.82) is 0 Å². The Morgan fingerprint density at radius 2 is 2.12 bits per heavy atom. The topological polar surface area (TPSA) is 78.4 Å². The number of fused-ring (bicyclic) bond motifs is 1. The van der Waals surface area contributed by atoms with Gasteiger partial charge < -0.3 is 18.9 Å². The maximum absolute atomic E-state index is 11.8. The molecule has 0 saturated heterocycles. The largest absolute Gasteiger partial charge is 0.496 e. The number of hydrazone groups is 1. The first-order valence-corrected chi connectivity index (χ1v) is 7.71. The Bertz CT molecular complexity index is 810. The van der Waals surface area contributed by atoms with Gasteiger partial charge in [0.15, 0.2) is 18.1 Å². The first-order valence-electron chi connectivity index (χ1n) is 7.33. The summed E-state index contributed by atoms with van der Waals surface area (Å²) in [6.45, 7) is -0.0212. The molecule has 2 aromatic carbocycles. The number of nitrogens with one attached hydrogen (secondary N) is 1. The zero-order valence-electron chi connectivity index (χ0n) is 13.3. The Labute approximate surface area is 149 Å². The Hall–Kier alpha value is -2.93. The second-order valence-corrected chi connectivity index (χ2v) is 5.42. The molecule has 2 aromatic rings. The van der Waals surface area contributed by atoms with E-state index in [1.807, 2.05) is 0 Å². The second kappa shape index (κ2) is 7.76. The molecule has 8 heteroatoms. The molecule has 0 atom stereocenters. The van der Waals surface area contributed by atoms with Crippen LogP contribution in [0.4, 0.5) is 0 Å². The molecule has 1 heterocycles. The Balaban J connectivity index is 1.57. The zero-order chi connectivity index (χ0) is 17.6. The number of amides is 1. The van der Waals surface area contributed by atoms with Gasteiger partial charge in [-0.1, -0.05) is 17.7 Å². The van der Waals surface area contributed by atoms with E-state index in [0.717, 1.165) is 0 Å². The number of hydrogen-bond donors (Lipinski definition) is 1. The summed E-state index contributed by atoms with van der Waals surface area (Å²) in [5.74, 6) is 1.85. The van der Waals surface area contributed by atoms with Gasteiger partial charge in [0.25, 0.3) is 5.91 Å². The Kier molecular flexibility index (Phi) is 5.25. The zero-order valence-corrected chi connectivity index (χ0v) is 14.1. The van der Waals surface area contributed by atoms with Crippen molar-refractivity contribution in [3.8, 4) is 23.0 Å². The van der Waals surface area contributed by atoms with Crippen molar-refractivity contribution < 1.29 is 23.7 Å². The van der Waals surface area contributed by atoms with E-state index in [1.165, 1.54) is 13.3 Å². The lowest BCUT2D eigenvalue weighted by Crippen LogP contribution is -2.24. The summed E-state index contributed by atoms with van der Waals surface area (Å²) in [4.78, 5) is 11.8. The molecule has 0 bridgehead atoms. The van der Waals surface area contributed by atoms with E-state index in [-0.39, 0.29) is 13.4 Å². The molecular weight excluding hydrogens is 348 g/mol. The van der Waals surface area contributed by atoms with Crippen LogP contribution in [0.3, 0.4) is 0 Å². The van der Waals surface area contributed by atoms with Crippen molar-refractivity contribution in [3.05, 3.63) is 47.0 Å². The van der Waals surface area contributed by atoms with E-state index >= 15 is 0 Å². The summed E-state index contributed by atoms with van der Waals surface area (Å²) in [5.41, 5.74) is 3.02. The van der Waals surface area contributed by atoms with Crippen LogP contribution in [0.1, 0.15) is 5.56 Å². The van der Waals surface area contributed by atoms with E-state index in [4.69, 9.17) is 30.5 Å². The standard InChI is InChI=1S/C17H15ClN2O5/c1-22-14-7-16-15(24-10-25-16)5-11(14)8-19-20-17(21)9-23-13-4-2-3-12(18)6-13/h2-8H,9-10H2,1H3,(H,20,21)/b19-8-. The van der Waals surface area contributed by atoms with Gasteiger partial charge in [0.1, 0.15) is 11.5 Å². The van der Waals surface area contributed by atoms with Gasteiger partial charge in [0, 0.05) is 16.7 Å². The number of carbonyl (C=O) groups excluding carboxylic acids is 1. The minimum atomic E-state index is -0.407. The third kappa shape index (κ3) is 4.33. The van der Waals surface area contributed by atoms with Gasteiger partial charge in [0.2, 0.25) is 6.79 Å². The minimum absolute atomic E-state index is 0.163. The molecule has 1 aliphatic heterocycles. The number of hydrogen-bond acceptors (Lipinski definition) is 6. The van der Waals surface area contributed by atoms with Crippen LogP contribution < -0.4 is 24.4 Å². The summed E-state index contributed by atoms with van der Waals surface area (Å²) in [7, 11) is 1.53. The lowest BCUT2D eigenvalue weighted by atomic mass is 10.2. The van der Waals surface area contributed by atoms with Crippen LogP contribution in [0.5, 0.6) is 23.0 Å². The van der Waals surface area contributed by atoms with Gasteiger partial charge in [0.05, 0.1) is 13.3 Å². The molecule has 3 rings (SSSR count). The van der Waals surface area contributed by atoms with Gasteiger partial charge in [-0.2, -0.15) is 5.10 Å². The summed E-state index contributed by atoms with van der Waals surface area (Å²) < 4.78 is 21.2. The molecule has 0 saturated carbocycles. The highest BCUT2D eigenvalue weighted by Gasteiger charge is 2.17. The highest BCUT2D eigenvalue weighted by molar-refractivity contribution is 6.30. The molecule has 0 unspecified atom stereocenters. The van der Waals surface area contributed by atoms with E-state index in [1.54, 1.807) is 36.4 Å². The molecule has 0 spiro atoms.